The lowest BCUT2D eigenvalue weighted by Gasteiger charge is -2.09. The van der Waals surface area contributed by atoms with Crippen LogP contribution in [0.15, 0.2) is 78.9 Å². The highest BCUT2D eigenvalue weighted by Crippen LogP contribution is 2.15. The van der Waals surface area contributed by atoms with E-state index in [4.69, 9.17) is 0 Å². The Kier molecular flexibility index (Phi) is 7.00. The van der Waals surface area contributed by atoms with Crippen LogP contribution >= 0.6 is 0 Å². The van der Waals surface area contributed by atoms with Crippen molar-refractivity contribution in [3.05, 3.63) is 90.0 Å². The van der Waals surface area contributed by atoms with E-state index in [1.807, 2.05) is 61.5 Å². The van der Waals surface area contributed by atoms with Crippen molar-refractivity contribution in [1.29, 1.82) is 0 Å². The molecule has 0 aliphatic carbocycles. The van der Waals surface area contributed by atoms with Crippen LogP contribution in [0.3, 0.4) is 0 Å². The SMILES string of the molecule is Cc1ccc(NCC(=O)Nc2ccc(NC(=O)CCc3ccccc3)cc2)cc1. The van der Waals surface area contributed by atoms with E-state index in [-0.39, 0.29) is 18.4 Å². The Bertz CT molecular complexity index is 936. The standard InChI is InChI=1S/C24H25N3O2/c1-18-7-10-20(11-8-18)25-17-24(29)27-22-14-12-21(13-15-22)26-23(28)16-9-19-5-3-2-4-6-19/h2-8,10-15,25H,9,16-17H2,1H3,(H,26,28)(H,27,29). The maximum absolute atomic E-state index is 12.1. The van der Waals surface area contributed by atoms with E-state index in [1.54, 1.807) is 24.3 Å². The molecule has 0 aromatic heterocycles. The Morgan fingerprint density at radius 1 is 0.690 bits per heavy atom. The van der Waals surface area contributed by atoms with Gasteiger partial charge < -0.3 is 16.0 Å². The second-order valence-electron chi connectivity index (χ2n) is 6.88. The minimum atomic E-state index is -0.134. The van der Waals surface area contributed by atoms with Crippen LogP contribution < -0.4 is 16.0 Å². The summed E-state index contributed by atoms with van der Waals surface area (Å²) in [6, 6.07) is 24.9. The number of rotatable bonds is 8. The molecule has 0 saturated heterocycles. The van der Waals surface area contributed by atoms with E-state index in [0.29, 0.717) is 24.2 Å². The first kappa shape index (κ1) is 20.1. The van der Waals surface area contributed by atoms with Crippen molar-refractivity contribution in [2.45, 2.75) is 19.8 Å². The van der Waals surface area contributed by atoms with Gasteiger partial charge in [0.2, 0.25) is 11.8 Å². The zero-order valence-corrected chi connectivity index (χ0v) is 16.4. The summed E-state index contributed by atoms with van der Waals surface area (Å²) in [5, 5.41) is 8.80. The zero-order valence-electron chi connectivity index (χ0n) is 16.4. The fourth-order valence-corrected chi connectivity index (χ4v) is 2.82. The van der Waals surface area contributed by atoms with Crippen LogP contribution in [0, 0.1) is 6.92 Å². The number of amides is 2. The number of benzene rings is 3. The van der Waals surface area contributed by atoms with Crippen LogP contribution in [0.5, 0.6) is 0 Å². The predicted octanol–water partition coefficient (Wildman–Crippen LogP) is 4.62. The largest absolute Gasteiger partial charge is 0.376 e. The maximum atomic E-state index is 12.1. The van der Waals surface area contributed by atoms with Gasteiger partial charge in [-0.2, -0.15) is 0 Å². The molecule has 29 heavy (non-hydrogen) atoms. The Hall–Kier alpha value is -3.60. The van der Waals surface area contributed by atoms with E-state index in [1.165, 1.54) is 5.56 Å². The third-order valence-corrected chi connectivity index (χ3v) is 4.44. The number of aryl methyl sites for hydroxylation is 2. The van der Waals surface area contributed by atoms with E-state index in [2.05, 4.69) is 16.0 Å². The number of carbonyl (C=O) groups excluding carboxylic acids is 2. The quantitative estimate of drug-likeness (QED) is 0.528. The summed E-state index contributed by atoms with van der Waals surface area (Å²) in [7, 11) is 0. The van der Waals surface area contributed by atoms with Gasteiger partial charge in [0.05, 0.1) is 6.54 Å². The number of anilines is 3. The molecule has 2 amide bonds. The molecule has 0 unspecified atom stereocenters. The second-order valence-corrected chi connectivity index (χ2v) is 6.88. The van der Waals surface area contributed by atoms with Crippen molar-refractivity contribution >= 4 is 28.9 Å². The molecule has 0 atom stereocenters. The summed E-state index contributed by atoms with van der Waals surface area (Å²) in [5.41, 5.74) is 4.60. The Morgan fingerprint density at radius 3 is 1.86 bits per heavy atom. The lowest BCUT2D eigenvalue weighted by atomic mass is 10.1. The molecule has 0 spiro atoms. The Morgan fingerprint density at radius 2 is 1.24 bits per heavy atom. The monoisotopic (exact) mass is 387 g/mol. The van der Waals surface area contributed by atoms with Crippen LogP contribution in [-0.4, -0.2) is 18.4 Å². The van der Waals surface area contributed by atoms with Crippen molar-refractivity contribution in [2.75, 3.05) is 22.5 Å². The highest BCUT2D eigenvalue weighted by molar-refractivity contribution is 5.94. The van der Waals surface area contributed by atoms with E-state index >= 15 is 0 Å². The summed E-state index contributed by atoms with van der Waals surface area (Å²) >= 11 is 0. The first-order chi connectivity index (χ1) is 14.1. The highest BCUT2D eigenvalue weighted by atomic mass is 16.2. The van der Waals surface area contributed by atoms with Crippen molar-refractivity contribution in [3.8, 4) is 0 Å². The van der Waals surface area contributed by atoms with Gasteiger partial charge in [-0.05, 0) is 55.3 Å². The molecule has 0 aliphatic rings. The van der Waals surface area contributed by atoms with Crippen LogP contribution in [0.25, 0.3) is 0 Å². The van der Waals surface area contributed by atoms with E-state index in [0.717, 1.165) is 11.3 Å². The molecular weight excluding hydrogens is 362 g/mol. The van der Waals surface area contributed by atoms with Gasteiger partial charge in [-0.25, -0.2) is 0 Å². The summed E-state index contributed by atoms with van der Waals surface area (Å²) < 4.78 is 0. The Labute approximate surface area is 171 Å². The normalized spacial score (nSPS) is 10.2. The van der Waals surface area contributed by atoms with Crippen molar-refractivity contribution in [3.63, 3.8) is 0 Å². The molecule has 0 radical (unpaired) electrons. The highest BCUT2D eigenvalue weighted by Gasteiger charge is 2.05. The van der Waals surface area contributed by atoms with Crippen LogP contribution in [-0.2, 0) is 16.0 Å². The minimum Gasteiger partial charge on any atom is -0.376 e. The van der Waals surface area contributed by atoms with Gasteiger partial charge in [0.25, 0.3) is 0 Å². The summed E-state index contributed by atoms with van der Waals surface area (Å²) in [6.07, 6.45) is 1.13. The first-order valence-electron chi connectivity index (χ1n) is 9.63. The molecule has 148 valence electrons. The molecule has 0 aliphatic heterocycles. The summed E-state index contributed by atoms with van der Waals surface area (Å²) in [4.78, 5) is 24.2. The first-order valence-corrected chi connectivity index (χ1v) is 9.63. The van der Waals surface area contributed by atoms with Gasteiger partial charge in [-0.1, -0.05) is 48.0 Å². The van der Waals surface area contributed by atoms with Crippen molar-refractivity contribution in [2.24, 2.45) is 0 Å². The smallest absolute Gasteiger partial charge is 0.243 e. The van der Waals surface area contributed by atoms with Gasteiger partial charge in [0.1, 0.15) is 0 Å². The van der Waals surface area contributed by atoms with Gasteiger partial charge in [0.15, 0.2) is 0 Å². The molecular formula is C24H25N3O2. The van der Waals surface area contributed by atoms with E-state index < -0.39 is 0 Å². The third kappa shape index (κ3) is 6.81. The zero-order chi connectivity index (χ0) is 20.5. The van der Waals surface area contributed by atoms with Crippen molar-refractivity contribution < 1.29 is 9.59 Å². The molecule has 0 heterocycles. The number of hydrogen-bond donors (Lipinski definition) is 3. The number of carbonyl (C=O) groups is 2. The molecule has 3 N–H and O–H groups in total. The lowest BCUT2D eigenvalue weighted by Crippen LogP contribution is -2.21. The van der Waals surface area contributed by atoms with Crippen LogP contribution in [0.1, 0.15) is 17.5 Å². The molecule has 0 saturated carbocycles. The van der Waals surface area contributed by atoms with Crippen LogP contribution in [0.4, 0.5) is 17.1 Å². The maximum Gasteiger partial charge on any atom is 0.243 e. The average molecular weight is 387 g/mol. The number of hydrogen-bond acceptors (Lipinski definition) is 3. The topological polar surface area (TPSA) is 70.2 Å². The van der Waals surface area contributed by atoms with Gasteiger partial charge in [-0.3, -0.25) is 9.59 Å². The predicted molar refractivity (Wildman–Crippen MR) is 118 cm³/mol. The summed E-state index contributed by atoms with van der Waals surface area (Å²) in [5.74, 6) is -0.168. The number of nitrogens with one attached hydrogen (secondary N) is 3. The molecule has 3 aromatic rings. The fourth-order valence-electron chi connectivity index (χ4n) is 2.82. The summed E-state index contributed by atoms with van der Waals surface area (Å²) in [6.45, 7) is 2.20. The molecule has 3 rings (SSSR count). The molecule has 0 bridgehead atoms. The molecule has 3 aromatic carbocycles. The van der Waals surface area contributed by atoms with Crippen LogP contribution in [0.2, 0.25) is 0 Å². The third-order valence-electron chi connectivity index (χ3n) is 4.44. The fraction of sp³-hybridized carbons (Fsp3) is 0.167. The minimum absolute atomic E-state index is 0.0343. The molecule has 0 fully saturated rings. The molecule has 5 nitrogen and oxygen atoms in total. The lowest BCUT2D eigenvalue weighted by molar-refractivity contribution is -0.116. The van der Waals surface area contributed by atoms with Gasteiger partial charge in [0, 0.05) is 23.5 Å². The van der Waals surface area contributed by atoms with Gasteiger partial charge >= 0.3 is 0 Å². The average Bonchev–Trinajstić information content (AvgIpc) is 2.74. The Balaban J connectivity index is 1.42. The second kappa shape index (κ2) is 10.1. The van der Waals surface area contributed by atoms with E-state index in [9.17, 15) is 9.59 Å². The molecule has 5 heteroatoms. The van der Waals surface area contributed by atoms with Gasteiger partial charge in [-0.15, -0.1) is 0 Å². The van der Waals surface area contributed by atoms with Crippen molar-refractivity contribution in [1.82, 2.24) is 0 Å².